The Bertz CT molecular complexity index is 1090. The summed E-state index contributed by atoms with van der Waals surface area (Å²) in [5.74, 6) is -1.97. The zero-order chi connectivity index (χ0) is 21.3. The molecule has 6 nitrogen and oxygen atoms in total. The number of amides is 1. The minimum absolute atomic E-state index is 0.132. The van der Waals surface area contributed by atoms with E-state index in [1.807, 2.05) is 61.5 Å². The number of carbonyl (C=O) groups is 3. The molecule has 0 radical (unpaired) electrons. The highest BCUT2D eigenvalue weighted by atomic mass is 16.4. The van der Waals surface area contributed by atoms with Gasteiger partial charge in [-0.15, -0.1) is 0 Å². The van der Waals surface area contributed by atoms with E-state index in [0.717, 1.165) is 16.5 Å². The van der Waals surface area contributed by atoms with Crippen molar-refractivity contribution in [2.24, 2.45) is 5.92 Å². The SMILES string of the molecule is CC1CC(CC(=O)O)C(=O)N1C(Cc1ccccc1)C(=O)c1c[nH]c2ccccc12. The fourth-order valence-corrected chi connectivity index (χ4v) is 4.51. The van der Waals surface area contributed by atoms with Crippen LogP contribution in [0.5, 0.6) is 0 Å². The van der Waals surface area contributed by atoms with Crippen molar-refractivity contribution in [1.82, 2.24) is 9.88 Å². The quantitative estimate of drug-likeness (QED) is 0.588. The first kappa shape index (κ1) is 19.9. The van der Waals surface area contributed by atoms with Crippen LogP contribution in [0.25, 0.3) is 10.9 Å². The number of carboxylic acid groups (broad SMARTS) is 1. The number of likely N-dealkylation sites (tertiary alicyclic amines) is 1. The Kier molecular flexibility index (Phi) is 5.40. The summed E-state index contributed by atoms with van der Waals surface area (Å²) in [7, 11) is 0. The van der Waals surface area contributed by atoms with E-state index in [4.69, 9.17) is 0 Å². The Balaban J connectivity index is 1.72. The summed E-state index contributed by atoms with van der Waals surface area (Å²) in [5, 5.41) is 10.00. The molecule has 1 aliphatic rings. The van der Waals surface area contributed by atoms with E-state index in [9.17, 15) is 19.5 Å². The standard InChI is InChI=1S/C24H24N2O4/c1-15-11-17(13-22(27)28)24(30)26(15)21(12-16-7-3-2-4-8-16)23(29)19-14-25-20-10-6-5-9-18(19)20/h2-10,14-15,17,21,25H,11-13H2,1H3,(H,27,28). The molecule has 1 aliphatic heterocycles. The Morgan fingerprint density at radius 1 is 1.13 bits per heavy atom. The van der Waals surface area contributed by atoms with Gasteiger partial charge in [-0.05, 0) is 25.0 Å². The number of nitrogens with one attached hydrogen (secondary N) is 1. The van der Waals surface area contributed by atoms with Gasteiger partial charge in [0, 0.05) is 35.1 Å². The van der Waals surface area contributed by atoms with Gasteiger partial charge in [-0.25, -0.2) is 0 Å². The molecule has 1 fully saturated rings. The van der Waals surface area contributed by atoms with Crippen LogP contribution in [0.2, 0.25) is 0 Å². The first-order valence-electron chi connectivity index (χ1n) is 10.1. The van der Waals surface area contributed by atoms with Crippen molar-refractivity contribution >= 4 is 28.6 Å². The lowest BCUT2D eigenvalue weighted by molar-refractivity contribution is -0.142. The number of carbonyl (C=O) groups excluding carboxylic acids is 2. The molecule has 154 valence electrons. The second-order valence-electron chi connectivity index (χ2n) is 7.94. The first-order valence-corrected chi connectivity index (χ1v) is 10.1. The van der Waals surface area contributed by atoms with Gasteiger partial charge in [0.25, 0.3) is 0 Å². The molecular weight excluding hydrogens is 380 g/mol. The third-order valence-electron chi connectivity index (χ3n) is 5.89. The Morgan fingerprint density at radius 2 is 1.83 bits per heavy atom. The molecule has 2 heterocycles. The lowest BCUT2D eigenvalue weighted by atomic mass is 9.95. The predicted molar refractivity (Wildman–Crippen MR) is 113 cm³/mol. The fourth-order valence-electron chi connectivity index (χ4n) is 4.51. The second kappa shape index (κ2) is 8.14. The molecule has 6 heteroatoms. The molecule has 3 unspecified atom stereocenters. The van der Waals surface area contributed by atoms with Crippen LogP contribution >= 0.6 is 0 Å². The van der Waals surface area contributed by atoms with Crippen LogP contribution in [0, 0.1) is 5.92 Å². The molecular formula is C24H24N2O4. The summed E-state index contributed by atoms with van der Waals surface area (Å²) in [6, 6.07) is 16.3. The zero-order valence-electron chi connectivity index (χ0n) is 16.7. The van der Waals surface area contributed by atoms with Gasteiger partial charge in [0.05, 0.1) is 18.4 Å². The van der Waals surface area contributed by atoms with Gasteiger partial charge in [0.2, 0.25) is 5.91 Å². The summed E-state index contributed by atoms with van der Waals surface area (Å²) >= 11 is 0. The number of hydrogen-bond donors (Lipinski definition) is 2. The van der Waals surface area contributed by atoms with Gasteiger partial charge in [-0.1, -0.05) is 48.5 Å². The molecule has 2 N–H and O–H groups in total. The van der Waals surface area contributed by atoms with Crippen LogP contribution in [0.3, 0.4) is 0 Å². The third-order valence-corrected chi connectivity index (χ3v) is 5.89. The number of carboxylic acids is 1. The van der Waals surface area contributed by atoms with Gasteiger partial charge in [0.15, 0.2) is 5.78 Å². The number of H-pyrrole nitrogens is 1. The van der Waals surface area contributed by atoms with E-state index in [1.54, 1.807) is 11.1 Å². The van der Waals surface area contributed by atoms with Crippen LogP contribution in [-0.4, -0.2) is 44.7 Å². The zero-order valence-corrected chi connectivity index (χ0v) is 16.7. The molecule has 1 aromatic heterocycles. The van der Waals surface area contributed by atoms with Crippen molar-refractivity contribution in [3.8, 4) is 0 Å². The van der Waals surface area contributed by atoms with Gasteiger partial charge in [-0.3, -0.25) is 14.4 Å². The topological polar surface area (TPSA) is 90.5 Å². The average Bonchev–Trinajstić information content (AvgIpc) is 3.27. The summed E-state index contributed by atoms with van der Waals surface area (Å²) in [6.45, 7) is 1.89. The number of hydrogen-bond acceptors (Lipinski definition) is 3. The van der Waals surface area contributed by atoms with Crippen molar-refractivity contribution in [1.29, 1.82) is 0 Å². The van der Waals surface area contributed by atoms with Gasteiger partial charge < -0.3 is 15.0 Å². The van der Waals surface area contributed by atoms with E-state index in [-0.39, 0.29) is 24.2 Å². The van der Waals surface area contributed by atoms with E-state index in [0.29, 0.717) is 18.4 Å². The van der Waals surface area contributed by atoms with E-state index in [1.165, 1.54) is 0 Å². The number of aromatic nitrogens is 1. The predicted octanol–water partition coefficient (Wildman–Crippen LogP) is 3.67. The molecule has 0 saturated carbocycles. The third kappa shape index (κ3) is 3.73. The van der Waals surface area contributed by atoms with Crippen LogP contribution in [0.1, 0.15) is 35.7 Å². The highest BCUT2D eigenvalue weighted by molar-refractivity contribution is 6.11. The van der Waals surface area contributed by atoms with Crippen LogP contribution < -0.4 is 0 Å². The maximum atomic E-state index is 13.7. The van der Waals surface area contributed by atoms with E-state index in [2.05, 4.69) is 4.98 Å². The van der Waals surface area contributed by atoms with Crippen molar-refractivity contribution in [3.05, 3.63) is 71.9 Å². The maximum absolute atomic E-state index is 13.7. The van der Waals surface area contributed by atoms with Crippen molar-refractivity contribution in [2.45, 2.75) is 38.3 Å². The molecule has 3 aromatic rings. The molecule has 1 saturated heterocycles. The summed E-state index contributed by atoms with van der Waals surface area (Å²) in [5.41, 5.74) is 2.37. The average molecular weight is 404 g/mol. The van der Waals surface area contributed by atoms with E-state index < -0.39 is 17.9 Å². The smallest absolute Gasteiger partial charge is 0.304 e. The van der Waals surface area contributed by atoms with Crippen LogP contribution in [0.15, 0.2) is 60.8 Å². The molecule has 0 spiro atoms. The molecule has 30 heavy (non-hydrogen) atoms. The highest BCUT2D eigenvalue weighted by Gasteiger charge is 2.44. The van der Waals surface area contributed by atoms with E-state index >= 15 is 0 Å². The summed E-state index contributed by atoms with van der Waals surface area (Å²) in [6.07, 6.45) is 2.32. The monoisotopic (exact) mass is 404 g/mol. The number of Topliss-reactive ketones (excluding diaryl/α,β-unsaturated/α-hetero) is 1. The molecule has 0 bridgehead atoms. The van der Waals surface area contributed by atoms with Crippen LogP contribution in [0.4, 0.5) is 0 Å². The number of aromatic amines is 1. The number of para-hydroxylation sites is 1. The highest BCUT2D eigenvalue weighted by Crippen LogP contribution is 2.32. The van der Waals surface area contributed by atoms with Gasteiger partial charge in [0.1, 0.15) is 0 Å². The fraction of sp³-hybridized carbons (Fsp3) is 0.292. The number of fused-ring (bicyclic) bond motifs is 1. The Hall–Kier alpha value is -3.41. The summed E-state index contributed by atoms with van der Waals surface area (Å²) < 4.78 is 0. The number of benzene rings is 2. The first-order chi connectivity index (χ1) is 14.5. The maximum Gasteiger partial charge on any atom is 0.304 e. The Labute approximate surface area is 174 Å². The number of nitrogens with zero attached hydrogens (tertiary/aromatic N) is 1. The number of aliphatic carboxylic acids is 1. The van der Waals surface area contributed by atoms with Crippen molar-refractivity contribution in [2.75, 3.05) is 0 Å². The Morgan fingerprint density at radius 3 is 2.57 bits per heavy atom. The lowest BCUT2D eigenvalue weighted by Gasteiger charge is -2.31. The van der Waals surface area contributed by atoms with Gasteiger partial charge in [-0.2, -0.15) is 0 Å². The number of rotatable bonds is 7. The summed E-state index contributed by atoms with van der Waals surface area (Å²) in [4.78, 5) is 42.8. The largest absolute Gasteiger partial charge is 0.481 e. The molecule has 2 aromatic carbocycles. The molecule has 1 amide bonds. The van der Waals surface area contributed by atoms with Crippen LogP contribution in [-0.2, 0) is 16.0 Å². The molecule has 0 aliphatic carbocycles. The lowest BCUT2D eigenvalue weighted by Crippen LogP contribution is -2.47. The van der Waals surface area contributed by atoms with Crippen molar-refractivity contribution < 1.29 is 19.5 Å². The van der Waals surface area contributed by atoms with Crippen molar-refractivity contribution in [3.63, 3.8) is 0 Å². The number of ketones is 1. The van der Waals surface area contributed by atoms with Gasteiger partial charge >= 0.3 is 5.97 Å². The minimum atomic E-state index is -0.995. The minimum Gasteiger partial charge on any atom is -0.481 e. The normalized spacial score (nSPS) is 19.9. The molecule has 3 atom stereocenters. The second-order valence-corrected chi connectivity index (χ2v) is 7.94. The molecule has 4 rings (SSSR count).